The fraction of sp³-hybridized carbons (Fsp3) is 0.625. The van der Waals surface area contributed by atoms with Gasteiger partial charge in [0.2, 0.25) is 0 Å². The van der Waals surface area contributed by atoms with Crippen molar-refractivity contribution in [2.24, 2.45) is 11.3 Å². The number of hydrazine groups is 1. The maximum Gasteiger partial charge on any atom is 0.127 e. The van der Waals surface area contributed by atoms with E-state index in [9.17, 15) is 0 Å². The Kier molecular flexibility index (Phi) is 6.45. The summed E-state index contributed by atoms with van der Waals surface area (Å²) < 4.78 is 16.7. The minimum atomic E-state index is -0.175. The molecule has 3 N–H and O–H groups in total. The summed E-state index contributed by atoms with van der Waals surface area (Å²) >= 11 is 0. The van der Waals surface area contributed by atoms with Crippen molar-refractivity contribution >= 4 is 0 Å². The van der Waals surface area contributed by atoms with Crippen LogP contribution in [0.5, 0.6) is 11.5 Å². The molecular weight excluding hydrogens is 268 g/mol. The van der Waals surface area contributed by atoms with Crippen molar-refractivity contribution in [1.29, 1.82) is 0 Å². The van der Waals surface area contributed by atoms with Crippen molar-refractivity contribution in [2.45, 2.75) is 39.8 Å². The van der Waals surface area contributed by atoms with E-state index in [1.54, 1.807) is 14.2 Å². The van der Waals surface area contributed by atoms with Crippen LogP contribution in [-0.4, -0.2) is 26.9 Å². The van der Waals surface area contributed by atoms with Gasteiger partial charge in [-0.2, -0.15) is 0 Å². The molecule has 2 atom stereocenters. The first kappa shape index (κ1) is 17.8. The van der Waals surface area contributed by atoms with E-state index < -0.39 is 0 Å². The Morgan fingerprint density at radius 2 is 1.86 bits per heavy atom. The molecule has 5 nitrogen and oxygen atoms in total. The standard InChI is InChI=1S/C16H28N2O3/c1-7-21-15(16(2,3)4)14(18-17)12-9-8-11(19-5)10-13(12)20-6/h8-10,14-15,18H,7,17H2,1-6H3. The number of nitrogens with one attached hydrogen (secondary N) is 1. The third-order valence-electron chi connectivity index (χ3n) is 3.46. The molecule has 5 heteroatoms. The number of hydrogen-bond acceptors (Lipinski definition) is 5. The third kappa shape index (κ3) is 4.33. The summed E-state index contributed by atoms with van der Waals surface area (Å²) in [4.78, 5) is 0. The number of hydrogen-bond donors (Lipinski definition) is 2. The molecule has 0 saturated carbocycles. The van der Waals surface area contributed by atoms with Gasteiger partial charge in [-0.25, -0.2) is 0 Å². The predicted molar refractivity (Wildman–Crippen MR) is 84.5 cm³/mol. The molecule has 0 saturated heterocycles. The fourth-order valence-corrected chi connectivity index (χ4v) is 2.44. The van der Waals surface area contributed by atoms with Crippen molar-refractivity contribution < 1.29 is 14.2 Å². The Morgan fingerprint density at radius 1 is 1.19 bits per heavy atom. The van der Waals surface area contributed by atoms with Crippen LogP contribution in [0.3, 0.4) is 0 Å². The molecule has 0 amide bonds. The highest BCUT2D eigenvalue weighted by atomic mass is 16.5. The second-order valence-electron chi connectivity index (χ2n) is 5.99. The topological polar surface area (TPSA) is 65.7 Å². The maximum atomic E-state index is 5.94. The monoisotopic (exact) mass is 296 g/mol. The Bertz CT molecular complexity index is 444. The molecule has 1 rings (SSSR count). The van der Waals surface area contributed by atoms with E-state index in [2.05, 4.69) is 26.2 Å². The van der Waals surface area contributed by atoms with Gasteiger partial charge in [-0.05, 0) is 24.5 Å². The predicted octanol–water partition coefficient (Wildman–Crippen LogP) is 2.66. The molecule has 0 aliphatic rings. The molecule has 0 heterocycles. The van der Waals surface area contributed by atoms with Gasteiger partial charge in [0.15, 0.2) is 0 Å². The zero-order valence-corrected chi connectivity index (χ0v) is 13.9. The summed E-state index contributed by atoms with van der Waals surface area (Å²) in [6, 6.07) is 5.53. The molecule has 0 aliphatic heterocycles. The molecule has 0 spiro atoms. The average Bonchev–Trinajstić information content (AvgIpc) is 2.46. The number of rotatable bonds is 7. The first-order valence-corrected chi connectivity index (χ1v) is 7.18. The van der Waals surface area contributed by atoms with Gasteiger partial charge in [0, 0.05) is 18.2 Å². The third-order valence-corrected chi connectivity index (χ3v) is 3.46. The van der Waals surface area contributed by atoms with E-state index >= 15 is 0 Å². The summed E-state index contributed by atoms with van der Waals surface area (Å²) in [7, 11) is 3.27. The second-order valence-corrected chi connectivity index (χ2v) is 5.99. The summed E-state index contributed by atoms with van der Waals surface area (Å²) in [6.07, 6.45) is -0.0882. The van der Waals surface area contributed by atoms with Crippen molar-refractivity contribution in [1.82, 2.24) is 5.43 Å². The molecule has 0 aliphatic carbocycles. The zero-order chi connectivity index (χ0) is 16.0. The SMILES string of the molecule is CCOC(C(NN)c1ccc(OC)cc1OC)C(C)(C)C. The van der Waals surface area contributed by atoms with Crippen LogP contribution >= 0.6 is 0 Å². The van der Waals surface area contributed by atoms with Crippen LogP contribution in [0.2, 0.25) is 0 Å². The van der Waals surface area contributed by atoms with Gasteiger partial charge in [-0.3, -0.25) is 11.3 Å². The second kappa shape index (κ2) is 7.64. The van der Waals surface area contributed by atoms with Gasteiger partial charge in [0.25, 0.3) is 0 Å². The quantitative estimate of drug-likeness (QED) is 0.598. The van der Waals surface area contributed by atoms with Crippen LogP contribution < -0.4 is 20.7 Å². The Morgan fingerprint density at radius 3 is 2.29 bits per heavy atom. The summed E-state index contributed by atoms with van der Waals surface area (Å²) in [6.45, 7) is 9.01. The highest BCUT2D eigenvalue weighted by Crippen LogP contribution is 2.37. The molecule has 2 unspecified atom stereocenters. The zero-order valence-electron chi connectivity index (χ0n) is 13.9. The van der Waals surface area contributed by atoms with E-state index in [1.165, 1.54) is 0 Å². The molecule has 0 aromatic heterocycles. The first-order chi connectivity index (χ1) is 9.88. The highest BCUT2D eigenvalue weighted by molar-refractivity contribution is 5.43. The van der Waals surface area contributed by atoms with Crippen molar-refractivity contribution in [3.05, 3.63) is 23.8 Å². The normalized spacial score (nSPS) is 14.6. The summed E-state index contributed by atoms with van der Waals surface area (Å²) in [5.41, 5.74) is 3.76. The molecular formula is C16H28N2O3. The first-order valence-electron chi connectivity index (χ1n) is 7.18. The number of methoxy groups -OCH3 is 2. The minimum Gasteiger partial charge on any atom is -0.497 e. The average molecular weight is 296 g/mol. The lowest BCUT2D eigenvalue weighted by molar-refractivity contribution is -0.0370. The Balaban J connectivity index is 3.24. The summed E-state index contributed by atoms with van der Waals surface area (Å²) in [5, 5.41) is 0. The van der Waals surface area contributed by atoms with Crippen LogP contribution in [0, 0.1) is 5.41 Å². The van der Waals surface area contributed by atoms with Crippen molar-refractivity contribution in [3.8, 4) is 11.5 Å². The van der Waals surface area contributed by atoms with Crippen LogP contribution in [0.4, 0.5) is 0 Å². The molecule has 0 fully saturated rings. The van der Waals surface area contributed by atoms with Gasteiger partial charge in [0.1, 0.15) is 11.5 Å². The van der Waals surface area contributed by atoms with Crippen LogP contribution in [-0.2, 0) is 4.74 Å². The Hall–Kier alpha value is -1.30. The van der Waals surface area contributed by atoms with E-state index in [0.717, 1.165) is 17.1 Å². The lowest BCUT2D eigenvalue weighted by Gasteiger charge is -2.37. The highest BCUT2D eigenvalue weighted by Gasteiger charge is 2.35. The van der Waals surface area contributed by atoms with Crippen molar-refractivity contribution in [2.75, 3.05) is 20.8 Å². The van der Waals surface area contributed by atoms with Gasteiger partial charge in [0.05, 0.1) is 26.4 Å². The molecule has 120 valence electrons. The molecule has 1 aromatic carbocycles. The van der Waals surface area contributed by atoms with E-state index in [1.807, 2.05) is 25.1 Å². The number of ether oxygens (including phenoxy) is 3. The molecule has 0 radical (unpaired) electrons. The molecule has 0 bridgehead atoms. The molecule has 21 heavy (non-hydrogen) atoms. The van der Waals surface area contributed by atoms with Gasteiger partial charge >= 0.3 is 0 Å². The lowest BCUT2D eigenvalue weighted by atomic mass is 9.82. The van der Waals surface area contributed by atoms with Crippen LogP contribution in [0.25, 0.3) is 0 Å². The van der Waals surface area contributed by atoms with E-state index in [4.69, 9.17) is 20.1 Å². The van der Waals surface area contributed by atoms with E-state index in [-0.39, 0.29) is 17.6 Å². The lowest BCUT2D eigenvalue weighted by Crippen LogP contribution is -2.44. The Labute approximate surface area is 127 Å². The number of benzene rings is 1. The summed E-state index contributed by atoms with van der Waals surface area (Å²) in [5.74, 6) is 7.28. The largest absolute Gasteiger partial charge is 0.497 e. The van der Waals surface area contributed by atoms with Crippen LogP contribution in [0.1, 0.15) is 39.3 Å². The van der Waals surface area contributed by atoms with Crippen LogP contribution in [0.15, 0.2) is 18.2 Å². The smallest absolute Gasteiger partial charge is 0.127 e. The fourth-order valence-electron chi connectivity index (χ4n) is 2.44. The van der Waals surface area contributed by atoms with Gasteiger partial charge in [-0.15, -0.1) is 0 Å². The molecule has 1 aromatic rings. The van der Waals surface area contributed by atoms with Crippen molar-refractivity contribution in [3.63, 3.8) is 0 Å². The number of nitrogens with two attached hydrogens (primary N) is 1. The van der Waals surface area contributed by atoms with Gasteiger partial charge in [-0.1, -0.05) is 20.8 Å². The minimum absolute atomic E-state index is 0.0714. The maximum absolute atomic E-state index is 5.94. The van der Waals surface area contributed by atoms with E-state index in [0.29, 0.717) is 6.61 Å². The van der Waals surface area contributed by atoms with Gasteiger partial charge < -0.3 is 14.2 Å².